The average molecular weight is 319 g/mol. The van der Waals surface area contributed by atoms with Gasteiger partial charge < -0.3 is 15.8 Å². The molecule has 0 aliphatic carbocycles. The summed E-state index contributed by atoms with van der Waals surface area (Å²) < 4.78 is 5.23. The van der Waals surface area contributed by atoms with Crippen molar-refractivity contribution < 1.29 is 9.53 Å². The summed E-state index contributed by atoms with van der Waals surface area (Å²) in [6.07, 6.45) is 4.08. The number of rotatable bonds is 8. The van der Waals surface area contributed by atoms with Gasteiger partial charge in [0.2, 0.25) is 5.91 Å². The molecule has 2 atom stereocenters. The quantitative estimate of drug-likeness (QED) is 0.770. The van der Waals surface area contributed by atoms with E-state index in [0.29, 0.717) is 6.54 Å². The number of benzene rings is 1. The molecular weight excluding hydrogens is 290 g/mol. The molecule has 1 aliphatic rings. The van der Waals surface area contributed by atoms with Crippen LogP contribution in [0.1, 0.15) is 44.2 Å². The van der Waals surface area contributed by atoms with E-state index in [1.165, 1.54) is 18.4 Å². The number of nitrogens with two attached hydrogens (primary N) is 1. The Kier molecular flexibility index (Phi) is 6.86. The Labute approximate surface area is 139 Å². The van der Waals surface area contributed by atoms with Crippen molar-refractivity contribution in [3.05, 3.63) is 29.8 Å². The molecule has 3 N–H and O–H groups in total. The van der Waals surface area contributed by atoms with Crippen molar-refractivity contribution in [1.29, 1.82) is 0 Å². The number of methoxy groups -OCH3 is 1. The number of amides is 1. The Morgan fingerprint density at radius 1 is 1.30 bits per heavy atom. The molecule has 2 rings (SSSR count). The molecule has 0 bridgehead atoms. The van der Waals surface area contributed by atoms with Gasteiger partial charge in [-0.1, -0.05) is 25.5 Å². The zero-order chi connectivity index (χ0) is 16.7. The van der Waals surface area contributed by atoms with E-state index < -0.39 is 6.04 Å². The number of nitrogens with zero attached hydrogens (tertiary/aromatic N) is 1. The van der Waals surface area contributed by atoms with Gasteiger partial charge >= 0.3 is 0 Å². The summed E-state index contributed by atoms with van der Waals surface area (Å²) in [5, 5.41) is 3.03. The Balaban J connectivity index is 2.03. The predicted octanol–water partition coefficient (Wildman–Crippen LogP) is 2.08. The van der Waals surface area contributed by atoms with E-state index in [0.717, 1.165) is 31.7 Å². The molecule has 1 heterocycles. The van der Waals surface area contributed by atoms with Crippen molar-refractivity contribution in [2.45, 2.75) is 44.7 Å². The number of ether oxygens (including phenoxy) is 1. The van der Waals surface area contributed by atoms with Gasteiger partial charge in [-0.05, 0) is 50.0 Å². The Morgan fingerprint density at radius 3 is 2.52 bits per heavy atom. The third-order valence-corrected chi connectivity index (χ3v) is 4.49. The lowest BCUT2D eigenvalue weighted by Crippen LogP contribution is -2.44. The maximum Gasteiger partial charge on any atom is 0.236 e. The van der Waals surface area contributed by atoms with Crippen molar-refractivity contribution >= 4 is 5.91 Å². The average Bonchev–Trinajstić information content (AvgIpc) is 3.10. The van der Waals surface area contributed by atoms with Crippen molar-refractivity contribution in [2.24, 2.45) is 5.73 Å². The van der Waals surface area contributed by atoms with Crippen molar-refractivity contribution in [3.63, 3.8) is 0 Å². The second kappa shape index (κ2) is 8.89. The predicted molar refractivity (Wildman–Crippen MR) is 92.4 cm³/mol. The van der Waals surface area contributed by atoms with E-state index in [1.807, 2.05) is 19.1 Å². The molecule has 2 unspecified atom stereocenters. The lowest BCUT2D eigenvalue weighted by molar-refractivity contribution is -0.122. The van der Waals surface area contributed by atoms with E-state index in [9.17, 15) is 4.79 Å². The van der Waals surface area contributed by atoms with Crippen LogP contribution in [0.15, 0.2) is 24.3 Å². The number of carbonyl (C=O) groups is 1. The summed E-state index contributed by atoms with van der Waals surface area (Å²) in [7, 11) is 1.67. The van der Waals surface area contributed by atoms with Gasteiger partial charge in [0.25, 0.3) is 0 Å². The fourth-order valence-electron chi connectivity index (χ4n) is 3.11. The highest BCUT2D eigenvalue weighted by atomic mass is 16.5. The third kappa shape index (κ3) is 4.94. The van der Waals surface area contributed by atoms with E-state index in [1.54, 1.807) is 7.11 Å². The molecule has 5 heteroatoms. The molecule has 0 aromatic heterocycles. The molecule has 0 radical (unpaired) electrons. The number of carbonyl (C=O) groups excluding carboxylic acids is 1. The highest BCUT2D eigenvalue weighted by molar-refractivity contribution is 5.81. The van der Waals surface area contributed by atoms with Gasteiger partial charge in [-0.15, -0.1) is 0 Å². The molecule has 1 aromatic rings. The van der Waals surface area contributed by atoms with E-state index in [4.69, 9.17) is 10.5 Å². The molecule has 1 saturated heterocycles. The monoisotopic (exact) mass is 319 g/mol. The number of likely N-dealkylation sites (tertiary alicyclic amines) is 1. The van der Waals surface area contributed by atoms with Crippen LogP contribution >= 0.6 is 0 Å². The maximum absolute atomic E-state index is 12.1. The number of nitrogens with one attached hydrogen (secondary N) is 1. The van der Waals surface area contributed by atoms with Crippen LogP contribution in [0.4, 0.5) is 0 Å². The molecule has 1 aliphatic heterocycles. The molecule has 23 heavy (non-hydrogen) atoms. The maximum atomic E-state index is 12.1. The summed E-state index contributed by atoms with van der Waals surface area (Å²) in [4.78, 5) is 14.5. The van der Waals surface area contributed by atoms with Gasteiger partial charge in [-0.25, -0.2) is 0 Å². The van der Waals surface area contributed by atoms with Crippen LogP contribution in [0, 0.1) is 0 Å². The molecule has 1 amide bonds. The van der Waals surface area contributed by atoms with E-state index >= 15 is 0 Å². The van der Waals surface area contributed by atoms with Crippen LogP contribution < -0.4 is 15.8 Å². The summed E-state index contributed by atoms with van der Waals surface area (Å²) >= 11 is 0. The summed E-state index contributed by atoms with van der Waals surface area (Å²) in [6, 6.07) is 7.91. The van der Waals surface area contributed by atoms with Crippen LogP contribution in [0.5, 0.6) is 5.75 Å². The Hall–Kier alpha value is -1.59. The minimum Gasteiger partial charge on any atom is -0.497 e. The first kappa shape index (κ1) is 17.8. The molecule has 1 fully saturated rings. The Morgan fingerprint density at radius 2 is 1.96 bits per heavy atom. The van der Waals surface area contributed by atoms with Gasteiger partial charge in [0, 0.05) is 6.54 Å². The fraction of sp³-hybridized carbons (Fsp3) is 0.611. The summed E-state index contributed by atoms with van der Waals surface area (Å²) in [6.45, 7) is 4.79. The van der Waals surface area contributed by atoms with Gasteiger partial charge in [0.15, 0.2) is 0 Å². The zero-order valence-electron chi connectivity index (χ0n) is 14.3. The second-order valence-corrected chi connectivity index (χ2v) is 6.17. The van der Waals surface area contributed by atoms with Gasteiger partial charge in [0.05, 0.1) is 19.2 Å². The van der Waals surface area contributed by atoms with Crippen LogP contribution in [-0.2, 0) is 4.79 Å². The van der Waals surface area contributed by atoms with Crippen LogP contribution in [0.2, 0.25) is 0 Å². The first-order valence-corrected chi connectivity index (χ1v) is 8.57. The van der Waals surface area contributed by atoms with Crippen molar-refractivity contribution in [1.82, 2.24) is 10.2 Å². The summed E-state index contributed by atoms with van der Waals surface area (Å²) in [5.41, 5.74) is 7.11. The van der Waals surface area contributed by atoms with Crippen LogP contribution in [0.3, 0.4) is 0 Å². The Bertz CT molecular complexity index is 484. The highest BCUT2D eigenvalue weighted by Crippen LogP contribution is 2.26. The molecule has 1 aromatic carbocycles. The van der Waals surface area contributed by atoms with Gasteiger partial charge in [-0.2, -0.15) is 0 Å². The van der Waals surface area contributed by atoms with E-state index in [2.05, 4.69) is 22.3 Å². The van der Waals surface area contributed by atoms with Crippen LogP contribution in [-0.4, -0.2) is 43.6 Å². The number of hydrogen-bond donors (Lipinski definition) is 2. The minimum atomic E-state index is -0.407. The second-order valence-electron chi connectivity index (χ2n) is 6.17. The highest BCUT2D eigenvalue weighted by Gasteiger charge is 2.24. The molecule has 0 spiro atoms. The fourth-order valence-corrected chi connectivity index (χ4v) is 3.11. The number of hydrogen-bond acceptors (Lipinski definition) is 4. The lowest BCUT2D eigenvalue weighted by atomic mass is 10.0. The molecule has 128 valence electrons. The molecular formula is C18H29N3O2. The SMILES string of the molecule is CCCC(N)C(=O)NCC(c1ccc(OC)cc1)N1CCCC1. The van der Waals surface area contributed by atoms with Gasteiger partial charge in [-0.3, -0.25) is 9.69 Å². The minimum absolute atomic E-state index is 0.0513. The summed E-state index contributed by atoms with van der Waals surface area (Å²) in [5.74, 6) is 0.799. The first-order chi connectivity index (χ1) is 11.2. The molecule has 0 saturated carbocycles. The third-order valence-electron chi connectivity index (χ3n) is 4.49. The molecule has 5 nitrogen and oxygen atoms in total. The lowest BCUT2D eigenvalue weighted by Gasteiger charge is -2.28. The topological polar surface area (TPSA) is 67.6 Å². The zero-order valence-corrected chi connectivity index (χ0v) is 14.3. The first-order valence-electron chi connectivity index (χ1n) is 8.57. The van der Waals surface area contributed by atoms with Crippen molar-refractivity contribution in [3.8, 4) is 5.75 Å². The van der Waals surface area contributed by atoms with E-state index in [-0.39, 0.29) is 11.9 Å². The normalized spacial score (nSPS) is 17.7. The standard InChI is InChI=1S/C18H29N3O2/c1-3-6-16(19)18(22)20-13-17(21-11-4-5-12-21)14-7-9-15(23-2)10-8-14/h7-10,16-17H,3-6,11-13,19H2,1-2H3,(H,20,22). The smallest absolute Gasteiger partial charge is 0.236 e. The van der Waals surface area contributed by atoms with Crippen LogP contribution in [0.25, 0.3) is 0 Å². The van der Waals surface area contributed by atoms with Crippen molar-refractivity contribution in [2.75, 3.05) is 26.7 Å². The largest absolute Gasteiger partial charge is 0.497 e. The van der Waals surface area contributed by atoms with Gasteiger partial charge in [0.1, 0.15) is 5.75 Å².